The maximum atomic E-state index is 12.2. The Morgan fingerprint density at radius 2 is 2.05 bits per heavy atom. The van der Waals surface area contributed by atoms with E-state index in [0.717, 1.165) is 0 Å². The van der Waals surface area contributed by atoms with Crippen molar-refractivity contribution in [1.29, 1.82) is 0 Å². The number of hydrogen-bond acceptors (Lipinski definition) is 4. The molecule has 0 aliphatic rings. The number of hydrogen-bond donors (Lipinski definition) is 3. The predicted octanol–water partition coefficient (Wildman–Crippen LogP) is 2.07. The number of fused-ring (bicyclic) bond motifs is 1. The van der Waals surface area contributed by atoms with Crippen molar-refractivity contribution >= 4 is 28.5 Å². The summed E-state index contributed by atoms with van der Waals surface area (Å²) in [6.45, 7) is 0.0524. The maximum absolute atomic E-state index is 12.2. The molecule has 1 aromatic heterocycles. The van der Waals surface area contributed by atoms with Gasteiger partial charge < -0.3 is 10.4 Å². The fraction of sp³-hybridized carbons (Fsp3) is 0.133. The lowest BCUT2D eigenvalue weighted by atomic mass is 10.1. The van der Waals surface area contributed by atoms with Gasteiger partial charge in [0, 0.05) is 17.1 Å². The molecule has 7 heteroatoms. The summed E-state index contributed by atoms with van der Waals surface area (Å²) < 4.78 is 0. The van der Waals surface area contributed by atoms with Crippen LogP contribution in [0, 0.1) is 0 Å². The number of halogens is 1. The Labute approximate surface area is 131 Å². The van der Waals surface area contributed by atoms with Crippen LogP contribution in [0.5, 0.6) is 0 Å². The van der Waals surface area contributed by atoms with E-state index in [2.05, 4.69) is 20.7 Å². The van der Waals surface area contributed by atoms with Crippen LogP contribution in [0.2, 0.25) is 5.02 Å². The highest BCUT2D eigenvalue weighted by Gasteiger charge is 2.16. The highest BCUT2D eigenvalue weighted by Crippen LogP contribution is 2.22. The van der Waals surface area contributed by atoms with Crippen LogP contribution in [-0.2, 0) is 0 Å². The Kier molecular flexibility index (Phi) is 4.04. The number of carbonyl (C=O) groups excluding carboxylic acids is 1. The topological polar surface area (TPSA) is 90.9 Å². The molecule has 0 radical (unpaired) electrons. The van der Waals surface area contributed by atoms with E-state index >= 15 is 0 Å². The monoisotopic (exact) mass is 316 g/mol. The zero-order valence-corrected chi connectivity index (χ0v) is 12.2. The van der Waals surface area contributed by atoms with Gasteiger partial charge in [-0.05, 0) is 18.2 Å². The van der Waals surface area contributed by atoms with Crippen molar-refractivity contribution in [3.05, 3.63) is 58.6 Å². The van der Waals surface area contributed by atoms with Gasteiger partial charge in [-0.3, -0.25) is 4.79 Å². The second-order valence-electron chi connectivity index (χ2n) is 4.74. The normalized spacial score (nSPS) is 12.3. The van der Waals surface area contributed by atoms with Crippen molar-refractivity contribution in [2.75, 3.05) is 6.54 Å². The SMILES string of the molecule is O=C(NCC(O)c1ccccc1Cl)c1cccc2n[nH]nc12. The molecule has 0 spiro atoms. The summed E-state index contributed by atoms with van der Waals surface area (Å²) in [5, 5.41) is 23.7. The van der Waals surface area contributed by atoms with Crippen LogP contribution in [-0.4, -0.2) is 33.0 Å². The third-order valence-corrected chi connectivity index (χ3v) is 3.66. The molecule has 3 N–H and O–H groups in total. The first-order chi connectivity index (χ1) is 10.7. The number of aliphatic hydroxyl groups excluding tert-OH is 1. The van der Waals surface area contributed by atoms with Crippen molar-refractivity contribution in [2.24, 2.45) is 0 Å². The summed E-state index contributed by atoms with van der Waals surface area (Å²) >= 11 is 6.02. The molecular weight excluding hydrogens is 304 g/mol. The molecule has 3 aromatic rings. The molecule has 1 heterocycles. The minimum absolute atomic E-state index is 0.0524. The molecule has 0 aliphatic heterocycles. The van der Waals surface area contributed by atoms with Gasteiger partial charge in [0.15, 0.2) is 0 Å². The summed E-state index contributed by atoms with van der Waals surface area (Å²) in [6.07, 6.45) is -0.880. The summed E-state index contributed by atoms with van der Waals surface area (Å²) in [5.41, 5.74) is 2.08. The first-order valence-corrected chi connectivity index (χ1v) is 7.05. The second kappa shape index (κ2) is 6.13. The average Bonchev–Trinajstić information content (AvgIpc) is 3.01. The summed E-state index contributed by atoms with van der Waals surface area (Å²) in [6, 6.07) is 12.1. The molecule has 2 aromatic carbocycles. The van der Waals surface area contributed by atoms with Gasteiger partial charge in [-0.25, -0.2) is 0 Å². The van der Waals surface area contributed by atoms with Crippen molar-refractivity contribution < 1.29 is 9.90 Å². The van der Waals surface area contributed by atoms with Crippen LogP contribution < -0.4 is 5.32 Å². The van der Waals surface area contributed by atoms with Gasteiger partial charge in [-0.2, -0.15) is 15.4 Å². The highest BCUT2D eigenvalue weighted by atomic mass is 35.5. The zero-order chi connectivity index (χ0) is 15.5. The number of nitrogens with zero attached hydrogens (tertiary/aromatic N) is 2. The number of nitrogens with one attached hydrogen (secondary N) is 2. The fourth-order valence-electron chi connectivity index (χ4n) is 2.19. The molecule has 112 valence electrons. The van der Waals surface area contributed by atoms with Gasteiger partial charge in [-0.1, -0.05) is 35.9 Å². The molecule has 0 saturated carbocycles. The van der Waals surface area contributed by atoms with E-state index in [-0.39, 0.29) is 12.5 Å². The Balaban J connectivity index is 1.73. The van der Waals surface area contributed by atoms with Crippen LogP contribution in [0.15, 0.2) is 42.5 Å². The molecule has 3 rings (SSSR count). The maximum Gasteiger partial charge on any atom is 0.253 e. The smallest absolute Gasteiger partial charge is 0.253 e. The van der Waals surface area contributed by atoms with E-state index in [4.69, 9.17) is 11.6 Å². The largest absolute Gasteiger partial charge is 0.387 e. The summed E-state index contributed by atoms with van der Waals surface area (Å²) in [5.74, 6) is -0.328. The Bertz CT molecular complexity index is 818. The number of rotatable bonds is 4. The molecule has 1 atom stereocenters. The van der Waals surface area contributed by atoms with Gasteiger partial charge in [0.05, 0.1) is 11.7 Å². The molecule has 22 heavy (non-hydrogen) atoms. The Morgan fingerprint density at radius 3 is 2.86 bits per heavy atom. The number of aromatic nitrogens is 3. The minimum atomic E-state index is -0.880. The third kappa shape index (κ3) is 2.79. The molecule has 0 bridgehead atoms. The fourth-order valence-corrected chi connectivity index (χ4v) is 2.45. The number of aromatic amines is 1. The highest BCUT2D eigenvalue weighted by molar-refractivity contribution is 6.31. The number of aliphatic hydroxyl groups is 1. The number of para-hydroxylation sites is 1. The average molecular weight is 317 g/mol. The van der Waals surface area contributed by atoms with Crippen molar-refractivity contribution in [2.45, 2.75) is 6.10 Å². The Morgan fingerprint density at radius 1 is 1.23 bits per heavy atom. The van der Waals surface area contributed by atoms with Crippen LogP contribution >= 0.6 is 11.6 Å². The molecule has 0 aliphatic carbocycles. The van der Waals surface area contributed by atoms with Gasteiger partial charge in [0.25, 0.3) is 5.91 Å². The van der Waals surface area contributed by atoms with Crippen molar-refractivity contribution in [3.63, 3.8) is 0 Å². The van der Waals surface area contributed by atoms with E-state index in [9.17, 15) is 9.90 Å². The van der Waals surface area contributed by atoms with Gasteiger partial charge in [-0.15, -0.1) is 0 Å². The predicted molar refractivity (Wildman–Crippen MR) is 82.6 cm³/mol. The standard InChI is InChI=1S/C15H13ClN4O2/c16-11-6-2-1-4-9(11)13(21)8-17-15(22)10-5-3-7-12-14(10)19-20-18-12/h1-7,13,21H,8H2,(H,17,22)(H,18,19,20). The van der Waals surface area contributed by atoms with Crippen LogP contribution in [0.3, 0.4) is 0 Å². The Hall–Kier alpha value is -2.44. The lowest BCUT2D eigenvalue weighted by molar-refractivity contribution is 0.0918. The first-order valence-electron chi connectivity index (χ1n) is 6.67. The number of carbonyl (C=O) groups is 1. The quantitative estimate of drug-likeness (QED) is 0.687. The van der Waals surface area contributed by atoms with Crippen LogP contribution in [0.1, 0.15) is 22.0 Å². The second-order valence-corrected chi connectivity index (χ2v) is 5.15. The molecule has 1 amide bonds. The number of amides is 1. The molecular formula is C15H13ClN4O2. The third-order valence-electron chi connectivity index (χ3n) is 3.31. The van der Waals surface area contributed by atoms with Crippen molar-refractivity contribution in [1.82, 2.24) is 20.7 Å². The zero-order valence-electron chi connectivity index (χ0n) is 11.5. The first kappa shape index (κ1) is 14.5. The van der Waals surface area contributed by atoms with E-state index < -0.39 is 6.10 Å². The molecule has 0 fully saturated rings. The van der Waals surface area contributed by atoms with E-state index in [1.165, 1.54) is 0 Å². The minimum Gasteiger partial charge on any atom is -0.387 e. The van der Waals surface area contributed by atoms with Gasteiger partial charge in [0.1, 0.15) is 11.0 Å². The van der Waals surface area contributed by atoms with Gasteiger partial charge >= 0.3 is 0 Å². The van der Waals surface area contributed by atoms with Gasteiger partial charge in [0.2, 0.25) is 0 Å². The summed E-state index contributed by atoms with van der Waals surface area (Å²) in [4.78, 5) is 12.2. The number of benzene rings is 2. The van der Waals surface area contributed by atoms with Crippen LogP contribution in [0.25, 0.3) is 11.0 Å². The number of H-pyrrole nitrogens is 1. The molecule has 0 saturated heterocycles. The lowest BCUT2D eigenvalue weighted by Crippen LogP contribution is -2.28. The molecule has 6 nitrogen and oxygen atoms in total. The van der Waals surface area contributed by atoms with E-state index in [0.29, 0.717) is 27.2 Å². The van der Waals surface area contributed by atoms with E-state index in [1.54, 1.807) is 42.5 Å². The van der Waals surface area contributed by atoms with E-state index in [1.807, 2.05) is 0 Å². The lowest BCUT2D eigenvalue weighted by Gasteiger charge is -2.13. The van der Waals surface area contributed by atoms with Crippen molar-refractivity contribution in [3.8, 4) is 0 Å². The van der Waals surface area contributed by atoms with Crippen LogP contribution in [0.4, 0.5) is 0 Å². The summed E-state index contributed by atoms with van der Waals surface area (Å²) in [7, 11) is 0. The molecule has 1 unspecified atom stereocenters.